The molecule has 23 heavy (non-hydrogen) atoms. The number of carbonyl (C=O) groups excluding carboxylic acids is 1. The Kier molecular flexibility index (Phi) is 4.34. The van der Waals surface area contributed by atoms with Crippen molar-refractivity contribution >= 4 is 22.9 Å². The van der Waals surface area contributed by atoms with Crippen LogP contribution >= 0.6 is 0 Å². The van der Waals surface area contributed by atoms with Gasteiger partial charge in [0.05, 0.1) is 12.6 Å². The maximum atomic E-state index is 12.0. The van der Waals surface area contributed by atoms with Gasteiger partial charge in [-0.25, -0.2) is 5.43 Å². The van der Waals surface area contributed by atoms with Crippen molar-refractivity contribution in [1.82, 2.24) is 5.43 Å². The van der Waals surface area contributed by atoms with Gasteiger partial charge in [0.1, 0.15) is 5.75 Å². The van der Waals surface area contributed by atoms with Gasteiger partial charge in [-0.3, -0.25) is 4.79 Å². The summed E-state index contributed by atoms with van der Waals surface area (Å²) in [6.45, 7) is 0. The zero-order valence-electron chi connectivity index (χ0n) is 12.4. The molecule has 0 atom stereocenters. The van der Waals surface area contributed by atoms with E-state index in [9.17, 15) is 9.90 Å². The molecule has 4 nitrogen and oxygen atoms in total. The smallest absolute Gasteiger partial charge is 0.244 e. The summed E-state index contributed by atoms with van der Waals surface area (Å²) in [5, 5.41) is 15.5. The quantitative estimate of drug-likeness (QED) is 0.574. The number of aromatic hydroxyl groups is 1. The highest BCUT2D eigenvalue weighted by molar-refractivity contribution is 5.90. The molecule has 4 heteroatoms. The number of benzene rings is 3. The van der Waals surface area contributed by atoms with Gasteiger partial charge in [-0.15, -0.1) is 0 Å². The first-order chi connectivity index (χ1) is 11.2. The van der Waals surface area contributed by atoms with Crippen molar-refractivity contribution in [2.24, 2.45) is 5.10 Å². The molecule has 0 heterocycles. The van der Waals surface area contributed by atoms with Crippen molar-refractivity contribution in [2.45, 2.75) is 6.42 Å². The van der Waals surface area contributed by atoms with E-state index in [-0.39, 0.29) is 18.1 Å². The molecule has 0 aromatic heterocycles. The second-order valence-corrected chi connectivity index (χ2v) is 5.20. The number of amides is 1. The molecule has 3 aromatic rings. The fourth-order valence-corrected chi connectivity index (χ4v) is 2.44. The molecule has 0 aliphatic rings. The average Bonchev–Trinajstić information content (AvgIpc) is 2.55. The van der Waals surface area contributed by atoms with Crippen LogP contribution in [0, 0.1) is 0 Å². The van der Waals surface area contributed by atoms with E-state index in [4.69, 9.17) is 0 Å². The first-order valence-corrected chi connectivity index (χ1v) is 7.30. The van der Waals surface area contributed by atoms with E-state index < -0.39 is 0 Å². The number of phenolic OH excluding ortho intramolecular Hbond substituents is 1. The monoisotopic (exact) mass is 304 g/mol. The normalized spacial score (nSPS) is 11.0. The molecule has 3 aromatic carbocycles. The molecule has 2 N–H and O–H groups in total. The molecule has 114 valence electrons. The molecule has 0 aliphatic carbocycles. The van der Waals surface area contributed by atoms with Crippen molar-refractivity contribution in [3.05, 3.63) is 77.9 Å². The lowest BCUT2D eigenvalue weighted by Gasteiger charge is -2.05. The number of fused-ring (bicyclic) bond motifs is 1. The summed E-state index contributed by atoms with van der Waals surface area (Å²) in [5.41, 5.74) is 4.20. The van der Waals surface area contributed by atoms with Crippen LogP contribution in [0.3, 0.4) is 0 Å². The molecule has 0 fully saturated rings. The molecule has 3 rings (SSSR count). The molecule has 0 radical (unpaired) electrons. The highest BCUT2D eigenvalue weighted by atomic mass is 16.3. The van der Waals surface area contributed by atoms with E-state index in [1.165, 1.54) is 6.21 Å². The van der Waals surface area contributed by atoms with E-state index in [1.54, 1.807) is 24.3 Å². The van der Waals surface area contributed by atoms with Gasteiger partial charge in [-0.2, -0.15) is 5.10 Å². The maximum Gasteiger partial charge on any atom is 0.244 e. The minimum atomic E-state index is -0.183. The zero-order valence-corrected chi connectivity index (χ0v) is 12.4. The summed E-state index contributed by atoms with van der Waals surface area (Å²) in [5.74, 6) is -0.0196. The lowest BCUT2D eigenvalue weighted by Crippen LogP contribution is -2.19. The van der Waals surface area contributed by atoms with Gasteiger partial charge < -0.3 is 5.11 Å². The molecular formula is C19H16N2O2. The van der Waals surface area contributed by atoms with Crippen LogP contribution in [0.2, 0.25) is 0 Å². The lowest BCUT2D eigenvalue weighted by molar-refractivity contribution is -0.120. The number of rotatable bonds is 4. The molecular weight excluding hydrogens is 288 g/mol. The second-order valence-electron chi connectivity index (χ2n) is 5.20. The van der Waals surface area contributed by atoms with Crippen LogP contribution in [-0.4, -0.2) is 17.2 Å². The van der Waals surface area contributed by atoms with Crippen LogP contribution in [-0.2, 0) is 11.2 Å². The van der Waals surface area contributed by atoms with Gasteiger partial charge in [-0.1, -0.05) is 54.6 Å². The number of hydrogen-bond acceptors (Lipinski definition) is 3. The van der Waals surface area contributed by atoms with Crippen LogP contribution in [0.1, 0.15) is 11.1 Å². The van der Waals surface area contributed by atoms with Crippen LogP contribution in [0.25, 0.3) is 10.8 Å². The number of phenols is 1. The molecule has 0 spiro atoms. The number of hydrogen-bond donors (Lipinski definition) is 2. The Morgan fingerprint density at radius 1 is 1.04 bits per heavy atom. The van der Waals surface area contributed by atoms with Gasteiger partial charge in [0.2, 0.25) is 5.91 Å². The summed E-state index contributed by atoms with van der Waals surface area (Å²) < 4.78 is 0. The third-order valence-corrected chi connectivity index (χ3v) is 3.50. The van der Waals surface area contributed by atoms with Gasteiger partial charge in [0.15, 0.2) is 0 Å². The molecule has 1 amide bonds. The van der Waals surface area contributed by atoms with E-state index in [0.29, 0.717) is 0 Å². The highest BCUT2D eigenvalue weighted by Gasteiger charge is 2.05. The van der Waals surface area contributed by atoms with Crippen LogP contribution < -0.4 is 5.43 Å². The molecule has 0 unspecified atom stereocenters. The molecule has 0 saturated carbocycles. The number of nitrogens with zero attached hydrogens (tertiary/aromatic N) is 1. The lowest BCUT2D eigenvalue weighted by atomic mass is 10.0. The van der Waals surface area contributed by atoms with Crippen molar-refractivity contribution in [3.8, 4) is 5.75 Å². The first kappa shape index (κ1) is 14.8. The minimum absolute atomic E-state index is 0.163. The summed E-state index contributed by atoms with van der Waals surface area (Å²) in [6.07, 6.45) is 1.76. The minimum Gasteiger partial charge on any atom is -0.508 e. The Balaban J connectivity index is 1.67. The fraction of sp³-hybridized carbons (Fsp3) is 0.0526. The largest absolute Gasteiger partial charge is 0.508 e. The van der Waals surface area contributed by atoms with Crippen LogP contribution in [0.5, 0.6) is 5.75 Å². The second kappa shape index (κ2) is 6.75. The standard InChI is InChI=1S/C19H16N2O2/c22-17-9-3-5-14(11-17)13-20-21-19(23)12-16-8-4-7-15-6-1-2-10-18(15)16/h1-11,13,22H,12H2,(H,21,23)/b20-13+. The average molecular weight is 304 g/mol. The van der Waals surface area contributed by atoms with Crippen LogP contribution in [0.15, 0.2) is 71.8 Å². The Morgan fingerprint density at radius 2 is 1.83 bits per heavy atom. The Hall–Kier alpha value is -3.14. The summed E-state index contributed by atoms with van der Waals surface area (Å²) in [7, 11) is 0. The third kappa shape index (κ3) is 3.74. The summed E-state index contributed by atoms with van der Waals surface area (Å²) in [6, 6.07) is 20.5. The van der Waals surface area contributed by atoms with E-state index in [0.717, 1.165) is 21.9 Å². The van der Waals surface area contributed by atoms with Crippen molar-refractivity contribution in [3.63, 3.8) is 0 Å². The van der Waals surface area contributed by atoms with Gasteiger partial charge in [0, 0.05) is 0 Å². The molecule has 0 saturated heterocycles. The van der Waals surface area contributed by atoms with Gasteiger partial charge in [0.25, 0.3) is 0 Å². The van der Waals surface area contributed by atoms with Gasteiger partial charge in [-0.05, 0) is 34.0 Å². The maximum absolute atomic E-state index is 12.0. The molecule has 0 aliphatic heterocycles. The highest BCUT2D eigenvalue weighted by Crippen LogP contribution is 2.18. The Morgan fingerprint density at radius 3 is 2.70 bits per heavy atom. The topological polar surface area (TPSA) is 61.7 Å². The fourth-order valence-electron chi connectivity index (χ4n) is 2.44. The predicted octanol–water partition coefficient (Wildman–Crippen LogP) is 3.24. The number of carbonyl (C=O) groups is 1. The van der Waals surface area contributed by atoms with E-state index in [2.05, 4.69) is 10.5 Å². The first-order valence-electron chi connectivity index (χ1n) is 7.30. The number of hydrazone groups is 1. The summed E-state index contributed by atoms with van der Waals surface area (Å²) >= 11 is 0. The Bertz CT molecular complexity index is 867. The van der Waals surface area contributed by atoms with E-state index >= 15 is 0 Å². The number of nitrogens with one attached hydrogen (secondary N) is 1. The van der Waals surface area contributed by atoms with Crippen molar-refractivity contribution in [1.29, 1.82) is 0 Å². The SMILES string of the molecule is O=C(Cc1cccc2ccccc12)N/N=C/c1cccc(O)c1. The van der Waals surface area contributed by atoms with Gasteiger partial charge >= 0.3 is 0 Å². The summed E-state index contributed by atoms with van der Waals surface area (Å²) in [4.78, 5) is 12.0. The molecule has 0 bridgehead atoms. The van der Waals surface area contributed by atoms with Crippen LogP contribution in [0.4, 0.5) is 0 Å². The third-order valence-electron chi connectivity index (χ3n) is 3.50. The zero-order chi connectivity index (χ0) is 16.1. The van der Waals surface area contributed by atoms with Crippen molar-refractivity contribution in [2.75, 3.05) is 0 Å². The van der Waals surface area contributed by atoms with E-state index in [1.807, 2.05) is 42.5 Å². The Labute approximate surface area is 134 Å². The predicted molar refractivity (Wildman–Crippen MR) is 91.5 cm³/mol. The van der Waals surface area contributed by atoms with Crippen molar-refractivity contribution < 1.29 is 9.90 Å².